The van der Waals surface area contributed by atoms with Gasteiger partial charge in [-0.05, 0) is 50.8 Å². The molecule has 0 heterocycles. The first-order valence-electron chi connectivity index (χ1n) is 6.71. The van der Waals surface area contributed by atoms with Gasteiger partial charge in [-0.3, -0.25) is 0 Å². The van der Waals surface area contributed by atoms with E-state index in [1.54, 1.807) is 0 Å². The number of rotatable bonds is 3. The summed E-state index contributed by atoms with van der Waals surface area (Å²) in [6.45, 7) is 2.93. The van der Waals surface area contributed by atoms with Crippen molar-refractivity contribution >= 4 is 32.4 Å². The summed E-state index contributed by atoms with van der Waals surface area (Å²) in [5.41, 5.74) is 3.70. The van der Waals surface area contributed by atoms with Gasteiger partial charge in [-0.1, -0.05) is 54.6 Å². The number of anilines is 1. The van der Waals surface area contributed by atoms with Crippen LogP contribution in [0, 0.1) is 6.92 Å². The number of hydrogen-bond acceptors (Lipinski definition) is 1. The lowest BCUT2D eigenvalue weighted by Crippen LogP contribution is -2.01. The highest BCUT2D eigenvalue weighted by molar-refractivity contribution is 9.10. The minimum atomic E-state index is 0.823. The van der Waals surface area contributed by atoms with Crippen LogP contribution in [0.2, 0.25) is 0 Å². The number of fused-ring (bicyclic) bond motifs is 1. The number of benzene rings is 3. The summed E-state index contributed by atoms with van der Waals surface area (Å²) in [5, 5.41) is 6.11. The van der Waals surface area contributed by atoms with Gasteiger partial charge in [0.15, 0.2) is 0 Å². The van der Waals surface area contributed by atoms with E-state index in [1.807, 2.05) is 0 Å². The SMILES string of the molecule is Cc1cccc(NCc2cccc3ccccc23)c1Br. The first-order valence-corrected chi connectivity index (χ1v) is 7.50. The van der Waals surface area contributed by atoms with Crippen LogP contribution in [0.1, 0.15) is 11.1 Å². The molecule has 0 unspecified atom stereocenters. The third kappa shape index (κ3) is 2.56. The van der Waals surface area contributed by atoms with E-state index in [9.17, 15) is 0 Å². The second-order valence-electron chi connectivity index (χ2n) is 4.93. The maximum absolute atomic E-state index is 3.64. The molecule has 2 heteroatoms. The van der Waals surface area contributed by atoms with E-state index >= 15 is 0 Å². The van der Waals surface area contributed by atoms with Gasteiger partial charge in [0.1, 0.15) is 0 Å². The van der Waals surface area contributed by atoms with Crippen LogP contribution in [0.5, 0.6) is 0 Å². The molecule has 3 aromatic carbocycles. The minimum Gasteiger partial charge on any atom is -0.380 e. The van der Waals surface area contributed by atoms with Gasteiger partial charge in [0.05, 0.1) is 0 Å². The lowest BCUT2D eigenvalue weighted by atomic mass is 10.0. The molecule has 0 bridgehead atoms. The van der Waals surface area contributed by atoms with E-state index in [4.69, 9.17) is 0 Å². The predicted octanol–water partition coefficient (Wildman–Crippen LogP) is 5.52. The maximum atomic E-state index is 3.64. The van der Waals surface area contributed by atoms with E-state index in [0.29, 0.717) is 0 Å². The predicted molar refractivity (Wildman–Crippen MR) is 90.2 cm³/mol. The fraction of sp³-hybridized carbons (Fsp3) is 0.111. The molecule has 0 radical (unpaired) electrons. The molecule has 3 rings (SSSR count). The molecule has 20 heavy (non-hydrogen) atoms. The van der Waals surface area contributed by atoms with E-state index < -0.39 is 0 Å². The van der Waals surface area contributed by atoms with Crippen molar-refractivity contribution in [1.29, 1.82) is 0 Å². The highest BCUT2D eigenvalue weighted by atomic mass is 79.9. The Hall–Kier alpha value is -1.80. The van der Waals surface area contributed by atoms with Gasteiger partial charge in [0.25, 0.3) is 0 Å². The summed E-state index contributed by atoms with van der Waals surface area (Å²) < 4.78 is 1.14. The van der Waals surface area contributed by atoms with Gasteiger partial charge < -0.3 is 5.32 Å². The molecule has 3 aromatic rings. The first-order chi connectivity index (χ1) is 9.75. The van der Waals surface area contributed by atoms with Gasteiger partial charge in [-0.15, -0.1) is 0 Å². The molecule has 0 fully saturated rings. The van der Waals surface area contributed by atoms with Gasteiger partial charge in [-0.2, -0.15) is 0 Å². The van der Waals surface area contributed by atoms with Crippen molar-refractivity contribution in [3.05, 3.63) is 76.3 Å². The van der Waals surface area contributed by atoms with Gasteiger partial charge >= 0.3 is 0 Å². The van der Waals surface area contributed by atoms with Crippen LogP contribution in [0.15, 0.2) is 65.1 Å². The van der Waals surface area contributed by atoms with E-state index in [-0.39, 0.29) is 0 Å². The molecule has 0 atom stereocenters. The van der Waals surface area contributed by atoms with E-state index in [1.165, 1.54) is 21.9 Å². The third-order valence-corrected chi connectivity index (χ3v) is 4.59. The quantitative estimate of drug-likeness (QED) is 0.668. The van der Waals surface area contributed by atoms with Crippen LogP contribution in [0.3, 0.4) is 0 Å². The molecule has 0 aliphatic rings. The molecule has 100 valence electrons. The molecular weight excluding hydrogens is 310 g/mol. The number of hydrogen-bond donors (Lipinski definition) is 1. The Balaban J connectivity index is 1.89. The lowest BCUT2D eigenvalue weighted by molar-refractivity contribution is 1.16. The molecule has 0 spiro atoms. The topological polar surface area (TPSA) is 12.0 Å². The van der Waals surface area contributed by atoms with E-state index in [2.05, 4.69) is 88.8 Å². The Labute approximate surface area is 127 Å². The smallest absolute Gasteiger partial charge is 0.0490 e. The molecule has 0 amide bonds. The molecule has 0 aliphatic heterocycles. The second kappa shape index (κ2) is 5.68. The molecule has 1 N–H and O–H groups in total. The molecule has 0 aliphatic carbocycles. The second-order valence-corrected chi connectivity index (χ2v) is 5.72. The van der Waals surface area contributed by atoms with Crippen LogP contribution in [-0.2, 0) is 6.54 Å². The number of nitrogens with one attached hydrogen (secondary N) is 1. The third-order valence-electron chi connectivity index (χ3n) is 3.54. The standard InChI is InChI=1S/C18H16BrN/c1-13-6-4-11-17(18(13)19)20-12-15-9-5-8-14-7-2-3-10-16(14)15/h2-11,20H,12H2,1H3. The summed E-state index contributed by atoms with van der Waals surface area (Å²) in [7, 11) is 0. The average molecular weight is 326 g/mol. The van der Waals surface area contributed by atoms with Crippen molar-refractivity contribution in [3.8, 4) is 0 Å². The van der Waals surface area contributed by atoms with Crippen molar-refractivity contribution < 1.29 is 0 Å². The maximum Gasteiger partial charge on any atom is 0.0490 e. The summed E-state index contributed by atoms with van der Waals surface area (Å²) >= 11 is 3.64. The zero-order valence-corrected chi connectivity index (χ0v) is 12.9. The van der Waals surface area contributed by atoms with Gasteiger partial charge in [-0.25, -0.2) is 0 Å². The van der Waals surface area contributed by atoms with Crippen molar-refractivity contribution in [2.24, 2.45) is 0 Å². The van der Waals surface area contributed by atoms with Crippen LogP contribution < -0.4 is 5.32 Å². The fourth-order valence-corrected chi connectivity index (χ4v) is 2.83. The first kappa shape index (κ1) is 13.2. The van der Waals surface area contributed by atoms with Crippen molar-refractivity contribution in [2.45, 2.75) is 13.5 Å². The van der Waals surface area contributed by atoms with Gasteiger partial charge in [0, 0.05) is 16.7 Å². The zero-order valence-electron chi connectivity index (χ0n) is 11.4. The van der Waals surface area contributed by atoms with Crippen LogP contribution in [0.4, 0.5) is 5.69 Å². The average Bonchev–Trinajstić information content (AvgIpc) is 2.49. The molecule has 0 saturated heterocycles. The normalized spacial score (nSPS) is 10.7. The van der Waals surface area contributed by atoms with Crippen LogP contribution >= 0.6 is 15.9 Å². The molecule has 1 nitrogen and oxygen atoms in total. The largest absolute Gasteiger partial charge is 0.380 e. The molecular formula is C18H16BrN. The summed E-state index contributed by atoms with van der Waals surface area (Å²) in [4.78, 5) is 0. The van der Waals surface area contributed by atoms with Crippen molar-refractivity contribution in [3.63, 3.8) is 0 Å². The Kier molecular flexibility index (Phi) is 3.75. The van der Waals surface area contributed by atoms with Crippen LogP contribution in [-0.4, -0.2) is 0 Å². The zero-order chi connectivity index (χ0) is 13.9. The highest BCUT2D eigenvalue weighted by Crippen LogP contribution is 2.27. The lowest BCUT2D eigenvalue weighted by Gasteiger charge is -2.12. The fourth-order valence-electron chi connectivity index (χ4n) is 2.42. The minimum absolute atomic E-state index is 0.823. The summed E-state index contributed by atoms with van der Waals surface area (Å²) in [6.07, 6.45) is 0. The highest BCUT2D eigenvalue weighted by Gasteiger charge is 2.03. The summed E-state index contributed by atoms with van der Waals surface area (Å²) in [6, 6.07) is 21.2. The van der Waals surface area contributed by atoms with Crippen molar-refractivity contribution in [2.75, 3.05) is 5.32 Å². The number of halogens is 1. The Morgan fingerprint density at radius 2 is 1.65 bits per heavy atom. The Morgan fingerprint density at radius 1 is 0.900 bits per heavy atom. The Morgan fingerprint density at radius 3 is 2.55 bits per heavy atom. The van der Waals surface area contributed by atoms with Crippen molar-refractivity contribution in [1.82, 2.24) is 0 Å². The van der Waals surface area contributed by atoms with E-state index in [0.717, 1.165) is 16.7 Å². The molecule has 0 saturated carbocycles. The molecule has 0 aromatic heterocycles. The van der Waals surface area contributed by atoms with Crippen LogP contribution in [0.25, 0.3) is 10.8 Å². The summed E-state index contributed by atoms with van der Waals surface area (Å²) in [5.74, 6) is 0. The number of aryl methyl sites for hydroxylation is 1. The van der Waals surface area contributed by atoms with Gasteiger partial charge in [0.2, 0.25) is 0 Å². The monoisotopic (exact) mass is 325 g/mol. The Bertz CT molecular complexity index is 744.